The number of fused-ring (bicyclic) bond motifs is 1. The number of rotatable bonds is 4. The fraction of sp³-hybridized carbons (Fsp3) is 0.500. The number of aliphatic carboxylic acids is 1. The molecule has 0 radical (unpaired) electrons. The molecule has 1 aliphatic heterocycles. The Morgan fingerprint density at radius 2 is 2.21 bits per heavy atom. The minimum Gasteiger partial charge on any atom is -0.480 e. The molecule has 0 bridgehead atoms. The topological polar surface area (TPSA) is 66.3 Å². The highest BCUT2D eigenvalue weighted by atomic mass is 32.1. The van der Waals surface area contributed by atoms with Crippen LogP contribution in [0.25, 0.3) is 10.7 Å². The van der Waals surface area contributed by atoms with E-state index in [2.05, 4.69) is 9.88 Å². The van der Waals surface area contributed by atoms with Gasteiger partial charge in [0, 0.05) is 24.2 Å². The Kier molecular flexibility index (Phi) is 4.33. The number of likely N-dealkylation sites (tertiary alicyclic amines) is 1. The average molecular weight is 343 g/mol. The van der Waals surface area contributed by atoms with E-state index in [4.69, 9.17) is 4.98 Å². The third kappa shape index (κ3) is 2.96. The zero-order chi connectivity index (χ0) is 16.5. The fourth-order valence-corrected chi connectivity index (χ4v) is 4.98. The van der Waals surface area contributed by atoms with E-state index in [0.29, 0.717) is 18.5 Å². The second-order valence-electron chi connectivity index (χ2n) is 6.73. The van der Waals surface area contributed by atoms with Crippen LogP contribution in [0.1, 0.15) is 37.8 Å². The van der Waals surface area contributed by atoms with Gasteiger partial charge in [0.1, 0.15) is 11.0 Å². The molecule has 2 aromatic rings. The third-order valence-corrected chi connectivity index (χ3v) is 6.20. The van der Waals surface area contributed by atoms with Crippen LogP contribution >= 0.6 is 11.3 Å². The smallest absolute Gasteiger partial charge is 0.320 e. The van der Waals surface area contributed by atoms with Gasteiger partial charge < -0.3 is 5.11 Å². The monoisotopic (exact) mass is 343 g/mol. The summed E-state index contributed by atoms with van der Waals surface area (Å²) < 4.78 is 0. The molecule has 126 valence electrons. The third-order valence-electron chi connectivity index (χ3n) is 5.29. The first-order valence-corrected chi connectivity index (χ1v) is 9.44. The van der Waals surface area contributed by atoms with Crippen molar-refractivity contribution in [2.24, 2.45) is 5.92 Å². The molecule has 0 aromatic carbocycles. The molecule has 1 saturated carbocycles. The fourth-order valence-electron chi connectivity index (χ4n) is 4.20. The summed E-state index contributed by atoms with van der Waals surface area (Å²) in [6, 6.07) is 5.84. The van der Waals surface area contributed by atoms with Gasteiger partial charge in [0.25, 0.3) is 0 Å². The molecule has 1 aliphatic carbocycles. The number of nitrogens with zero attached hydrogens (tertiary/aromatic N) is 3. The van der Waals surface area contributed by atoms with Gasteiger partial charge in [0.05, 0.1) is 11.4 Å². The standard InChI is InChI=1S/C18H21N3O2S/c22-18(23)16-9-12-5-1-2-7-15(12)21(16)10-13-11-24-17(20-13)14-6-3-4-8-19-14/h3-4,6,8,11-12,15-16H,1-2,5,7,9-10H2,(H,22,23)/t12-,15-,16-/m0/s1. The lowest BCUT2D eigenvalue weighted by molar-refractivity contribution is -0.142. The molecule has 4 rings (SSSR count). The van der Waals surface area contributed by atoms with Crippen molar-refractivity contribution in [3.05, 3.63) is 35.5 Å². The number of aromatic nitrogens is 2. The average Bonchev–Trinajstić information content (AvgIpc) is 3.21. The highest BCUT2D eigenvalue weighted by Gasteiger charge is 2.45. The Hall–Kier alpha value is -1.79. The summed E-state index contributed by atoms with van der Waals surface area (Å²) in [6.07, 6.45) is 7.29. The zero-order valence-corrected chi connectivity index (χ0v) is 14.3. The van der Waals surface area contributed by atoms with Crippen LogP contribution in [-0.2, 0) is 11.3 Å². The normalized spacial score (nSPS) is 27.1. The molecule has 3 heterocycles. The Morgan fingerprint density at radius 1 is 1.33 bits per heavy atom. The van der Waals surface area contributed by atoms with Gasteiger partial charge in [-0.15, -0.1) is 11.3 Å². The lowest BCUT2D eigenvalue weighted by Crippen LogP contribution is -2.41. The molecular weight excluding hydrogens is 322 g/mol. The highest BCUT2D eigenvalue weighted by Crippen LogP contribution is 2.40. The summed E-state index contributed by atoms with van der Waals surface area (Å²) in [5.74, 6) is -0.154. The SMILES string of the molecule is O=C(O)[C@@H]1C[C@@H]2CCCC[C@@H]2N1Cc1csc(-c2ccccn2)n1. The molecule has 0 amide bonds. The van der Waals surface area contributed by atoms with Crippen molar-refractivity contribution in [2.45, 2.75) is 50.7 Å². The van der Waals surface area contributed by atoms with Gasteiger partial charge in [-0.05, 0) is 37.3 Å². The molecule has 2 aliphatic rings. The molecular formula is C18H21N3O2S. The van der Waals surface area contributed by atoms with E-state index >= 15 is 0 Å². The van der Waals surface area contributed by atoms with Crippen LogP contribution in [0, 0.1) is 5.92 Å². The van der Waals surface area contributed by atoms with Crippen LogP contribution < -0.4 is 0 Å². The quantitative estimate of drug-likeness (QED) is 0.921. The van der Waals surface area contributed by atoms with E-state index in [1.807, 2.05) is 23.6 Å². The summed E-state index contributed by atoms with van der Waals surface area (Å²) in [5.41, 5.74) is 1.83. The highest BCUT2D eigenvalue weighted by molar-refractivity contribution is 7.13. The number of thiazole rings is 1. The molecule has 2 aromatic heterocycles. The molecule has 6 heteroatoms. The van der Waals surface area contributed by atoms with E-state index in [-0.39, 0.29) is 6.04 Å². The number of hydrogen-bond donors (Lipinski definition) is 1. The molecule has 0 spiro atoms. The molecule has 2 fully saturated rings. The van der Waals surface area contributed by atoms with Gasteiger partial charge in [-0.1, -0.05) is 18.9 Å². The van der Waals surface area contributed by atoms with Crippen molar-refractivity contribution in [3.63, 3.8) is 0 Å². The van der Waals surface area contributed by atoms with Crippen molar-refractivity contribution >= 4 is 17.3 Å². The van der Waals surface area contributed by atoms with Gasteiger partial charge >= 0.3 is 5.97 Å². The van der Waals surface area contributed by atoms with E-state index in [0.717, 1.165) is 29.2 Å². The van der Waals surface area contributed by atoms with Gasteiger partial charge in [-0.2, -0.15) is 0 Å². The van der Waals surface area contributed by atoms with Crippen molar-refractivity contribution in [1.82, 2.24) is 14.9 Å². The van der Waals surface area contributed by atoms with Crippen molar-refractivity contribution in [2.75, 3.05) is 0 Å². The van der Waals surface area contributed by atoms with Crippen LogP contribution in [-0.4, -0.2) is 38.0 Å². The summed E-state index contributed by atoms with van der Waals surface area (Å²) in [4.78, 5) is 22.9. The van der Waals surface area contributed by atoms with E-state index in [1.54, 1.807) is 17.5 Å². The Bertz CT molecular complexity index is 718. The lowest BCUT2D eigenvalue weighted by Gasteiger charge is -2.32. The van der Waals surface area contributed by atoms with Gasteiger partial charge in [-0.3, -0.25) is 14.7 Å². The van der Waals surface area contributed by atoms with Crippen LogP contribution in [0.5, 0.6) is 0 Å². The number of hydrogen-bond acceptors (Lipinski definition) is 5. The predicted molar refractivity (Wildman–Crippen MR) is 92.7 cm³/mol. The van der Waals surface area contributed by atoms with Crippen molar-refractivity contribution in [3.8, 4) is 10.7 Å². The van der Waals surface area contributed by atoms with Gasteiger partial charge in [0.2, 0.25) is 0 Å². The van der Waals surface area contributed by atoms with E-state index < -0.39 is 5.97 Å². The summed E-state index contributed by atoms with van der Waals surface area (Å²) >= 11 is 1.58. The predicted octanol–water partition coefficient (Wildman–Crippen LogP) is 3.42. The molecule has 1 saturated heterocycles. The maximum absolute atomic E-state index is 11.7. The molecule has 5 nitrogen and oxygen atoms in total. The van der Waals surface area contributed by atoms with Crippen molar-refractivity contribution < 1.29 is 9.90 Å². The molecule has 1 N–H and O–H groups in total. The first-order valence-electron chi connectivity index (χ1n) is 8.57. The van der Waals surface area contributed by atoms with Crippen molar-refractivity contribution in [1.29, 1.82) is 0 Å². The maximum Gasteiger partial charge on any atom is 0.320 e. The lowest BCUT2D eigenvalue weighted by atomic mass is 9.85. The van der Waals surface area contributed by atoms with Crippen LogP contribution in [0.4, 0.5) is 0 Å². The first-order chi connectivity index (χ1) is 11.7. The maximum atomic E-state index is 11.7. The Labute approximate surface area is 145 Å². The van der Waals surface area contributed by atoms with Crippen LogP contribution in [0.15, 0.2) is 29.8 Å². The number of carboxylic acids is 1. The minimum atomic E-state index is -0.690. The zero-order valence-electron chi connectivity index (χ0n) is 13.5. The molecule has 24 heavy (non-hydrogen) atoms. The van der Waals surface area contributed by atoms with E-state index in [1.165, 1.54) is 19.3 Å². The minimum absolute atomic E-state index is 0.363. The molecule has 3 atom stereocenters. The summed E-state index contributed by atoms with van der Waals surface area (Å²) in [5, 5.41) is 12.6. The number of carboxylic acid groups (broad SMARTS) is 1. The van der Waals surface area contributed by atoms with Gasteiger partial charge in [0.15, 0.2) is 0 Å². The Balaban J connectivity index is 1.55. The van der Waals surface area contributed by atoms with E-state index in [9.17, 15) is 9.90 Å². The number of carbonyl (C=O) groups is 1. The summed E-state index contributed by atoms with van der Waals surface area (Å²) in [7, 11) is 0. The molecule has 0 unspecified atom stereocenters. The second kappa shape index (κ2) is 6.61. The van der Waals surface area contributed by atoms with Crippen LogP contribution in [0.3, 0.4) is 0 Å². The van der Waals surface area contributed by atoms with Crippen LogP contribution in [0.2, 0.25) is 0 Å². The Morgan fingerprint density at radius 3 is 3.00 bits per heavy atom. The van der Waals surface area contributed by atoms with Gasteiger partial charge in [-0.25, -0.2) is 4.98 Å². The largest absolute Gasteiger partial charge is 0.480 e. The number of pyridine rings is 1. The first kappa shape index (κ1) is 15.7. The summed E-state index contributed by atoms with van der Waals surface area (Å²) in [6.45, 7) is 0.626. The second-order valence-corrected chi connectivity index (χ2v) is 7.59.